The third-order valence-corrected chi connectivity index (χ3v) is 4.73. The summed E-state index contributed by atoms with van der Waals surface area (Å²) in [7, 11) is 1.64. The Balaban J connectivity index is 1.42. The topological polar surface area (TPSA) is 58.6 Å². The molecule has 1 aromatic rings. The van der Waals surface area contributed by atoms with E-state index in [0.717, 1.165) is 50.1 Å². The molecule has 0 unspecified atom stereocenters. The summed E-state index contributed by atoms with van der Waals surface area (Å²) in [5.74, 6) is 1.50. The summed E-state index contributed by atoms with van der Waals surface area (Å²) < 4.78 is 5.12. The van der Waals surface area contributed by atoms with Crippen molar-refractivity contribution in [3.8, 4) is 5.75 Å². The molecule has 124 valence electrons. The Labute approximate surface area is 137 Å². The lowest BCUT2D eigenvalue weighted by atomic mass is 9.95. The van der Waals surface area contributed by atoms with E-state index in [0.29, 0.717) is 12.5 Å². The van der Waals surface area contributed by atoms with Gasteiger partial charge in [-0.15, -0.1) is 0 Å². The highest BCUT2D eigenvalue weighted by molar-refractivity contribution is 5.82. The number of nitrogens with one attached hydrogen (secondary N) is 1. The van der Waals surface area contributed by atoms with E-state index in [9.17, 15) is 9.59 Å². The molecule has 1 aliphatic carbocycles. The van der Waals surface area contributed by atoms with Gasteiger partial charge in [-0.1, -0.05) is 12.1 Å². The van der Waals surface area contributed by atoms with Crippen molar-refractivity contribution >= 4 is 11.8 Å². The molecule has 1 heterocycles. The molecule has 1 N–H and O–H groups in total. The molecule has 1 saturated heterocycles. The van der Waals surface area contributed by atoms with Gasteiger partial charge in [-0.3, -0.25) is 9.59 Å². The van der Waals surface area contributed by atoms with Gasteiger partial charge in [-0.25, -0.2) is 0 Å². The first-order valence-electron chi connectivity index (χ1n) is 8.37. The molecule has 1 aliphatic heterocycles. The smallest absolute Gasteiger partial charge is 0.225 e. The van der Waals surface area contributed by atoms with Crippen LogP contribution < -0.4 is 10.1 Å². The molecule has 2 aliphatic rings. The van der Waals surface area contributed by atoms with Crippen LogP contribution in [0.3, 0.4) is 0 Å². The van der Waals surface area contributed by atoms with Gasteiger partial charge in [0, 0.05) is 31.5 Å². The van der Waals surface area contributed by atoms with Crippen molar-refractivity contribution < 1.29 is 14.3 Å². The van der Waals surface area contributed by atoms with Crippen LogP contribution in [0.5, 0.6) is 5.75 Å². The Morgan fingerprint density at radius 1 is 1.09 bits per heavy atom. The molecule has 0 radical (unpaired) electrons. The molecule has 0 aromatic heterocycles. The summed E-state index contributed by atoms with van der Waals surface area (Å²) in [5.41, 5.74) is 1.06. The second-order valence-corrected chi connectivity index (χ2v) is 6.44. The molecule has 1 aromatic carbocycles. The second-order valence-electron chi connectivity index (χ2n) is 6.44. The van der Waals surface area contributed by atoms with Crippen LogP contribution in [-0.2, 0) is 16.1 Å². The van der Waals surface area contributed by atoms with Crippen molar-refractivity contribution in [1.82, 2.24) is 10.2 Å². The van der Waals surface area contributed by atoms with Gasteiger partial charge in [-0.05, 0) is 43.4 Å². The fraction of sp³-hybridized carbons (Fsp3) is 0.556. The molecule has 0 atom stereocenters. The van der Waals surface area contributed by atoms with Crippen molar-refractivity contribution in [2.45, 2.75) is 32.2 Å². The first-order valence-corrected chi connectivity index (χ1v) is 8.37. The molecule has 1 saturated carbocycles. The maximum absolute atomic E-state index is 12.3. The van der Waals surface area contributed by atoms with E-state index in [1.54, 1.807) is 7.11 Å². The van der Waals surface area contributed by atoms with Gasteiger partial charge >= 0.3 is 0 Å². The number of carbonyl (C=O) groups is 2. The molecule has 3 rings (SSSR count). The van der Waals surface area contributed by atoms with Gasteiger partial charge in [0.25, 0.3) is 0 Å². The van der Waals surface area contributed by atoms with Crippen LogP contribution in [0.1, 0.15) is 31.2 Å². The molecule has 0 spiro atoms. The van der Waals surface area contributed by atoms with Crippen LogP contribution in [0.25, 0.3) is 0 Å². The van der Waals surface area contributed by atoms with E-state index in [2.05, 4.69) is 5.32 Å². The van der Waals surface area contributed by atoms with Gasteiger partial charge in [0.2, 0.25) is 11.8 Å². The molecule has 2 fully saturated rings. The zero-order valence-electron chi connectivity index (χ0n) is 13.6. The van der Waals surface area contributed by atoms with E-state index in [4.69, 9.17) is 4.74 Å². The van der Waals surface area contributed by atoms with E-state index >= 15 is 0 Å². The summed E-state index contributed by atoms with van der Waals surface area (Å²) >= 11 is 0. The van der Waals surface area contributed by atoms with Crippen molar-refractivity contribution in [3.63, 3.8) is 0 Å². The number of rotatable bonds is 5. The van der Waals surface area contributed by atoms with E-state index in [1.165, 1.54) is 0 Å². The lowest BCUT2D eigenvalue weighted by molar-refractivity contribution is -0.136. The average molecular weight is 316 g/mol. The molecular formula is C18H24N2O3. The summed E-state index contributed by atoms with van der Waals surface area (Å²) in [5, 5.41) is 3.00. The molecule has 2 amide bonds. The summed E-state index contributed by atoms with van der Waals surface area (Å²) in [4.78, 5) is 26.2. The van der Waals surface area contributed by atoms with Gasteiger partial charge in [-0.2, -0.15) is 0 Å². The third-order valence-electron chi connectivity index (χ3n) is 4.73. The molecule has 23 heavy (non-hydrogen) atoms. The number of carbonyl (C=O) groups excluding carboxylic acids is 2. The Bertz CT molecular complexity index is 558. The first-order chi connectivity index (χ1) is 11.2. The number of ether oxygens (including phenoxy) is 1. The lowest BCUT2D eigenvalue weighted by Gasteiger charge is -2.31. The fourth-order valence-corrected chi connectivity index (χ4v) is 3.03. The van der Waals surface area contributed by atoms with Crippen LogP contribution >= 0.6 is 0 Å². The number of likely N-dealkylation sites (tertiary alicyclic amines) is 1. The minimum absolute atomic E-state index is 0.0245. The van der Waals surface area contributed by atoms with Gasteiger partial charge < -0.3 is 15.0 Å². The average Bonchev–Trinajstić information content (AvgIpc) is 3.44. The zero-order chi connectivity index (χ0) is 16.2. The highest BCUT2D eigenvalue weighted by atomic mass is 16.5. The molecular weight excluding hydrogens is 292 g/mol. The van der Waals surface area contributed by atoms with Gasteiger partial charge in [0.05, 0.1) is 7.11 Å². The monoisotopic (exact) mass is 316 g/mol. The lowest BCUT2D eigenvalue weighted by Crippen LogP contribution is -2.43. The quantitative estimate of drug-likeness (QED) is 0.903. The summed E-state index contributed by atoms with van der Waals surface area (Å²) in [6.45, 7) is 1.97. The van der Waals surface area contributed by atoms with E-state index < -0.39 is 0 Å². The van der Waals surface area contributed by atoms with Crippen molar-refractivity contribution in [3.05, 3.63) is 29.8 Å². The number of methoxy groups -OCH3 is 1. The minimum atomic E-state index is 0.0245. The maximum atomic E-state index is 12.3. The number of benzene rings is 1. The Hall–Kier alpha value is -2.04. The van der Waals surface area contributed by atoms with Crippen molar-refractivity contribution in [2.75, 3.05) is 20.2 Å². The van der Waals surface area contributed by atoms with Crippen LogP contribution in [-0.4, -0.2) is 36.9 Å². The third kappa shape index (κ3) is 4.03. The molecule has 5 nitrogen and oxygen atoms in total. The summed E-state index contributed by atoms with van der Waals surface area (Å²) in [6.07, 6.45) is 3.63. The maximum Gasteiger partial charge on any atom is 0.225 e. The van der Waals surface area contributed by atoms with Gasteiger partial charge in [0.1, 0.15) is 5.75 Å². The number of nitrogens with zero attached hydrogens (tertiary/aromatic N) is 1. The first kappa shape index (κ1) is 15.8. The van der Waals surface area contributed by atoms with Crippen LogP contribution in [0.2, 0.25) is 0 Å². The number of piperidine rings is 1. The van der Waals surface area contributed by atoms with Gasteiger partial charge in [0.15, 0.2) is 0 Å². The minimum Gasteiger partial charge on any atom is -0.497 e. The second kappa shape index (κ2) is 7.02. The zero-order valence-corrected chi connectivity index (χ0v) is 13.6. The van der Waals surface area contributed by atoms with E-state index in [1.807, 2.05) is 29.2 Å². The standard InChI is InChI=1S/C18H24N2O3/c1-23-16-6-2-13(3-7-16)12-19-17(21)14-8-10-20(11-9-14)18(22)15-4-5-15/h2-3,6-7,14-15H,4-5,8-12H2,1H3,(H,19,21). The predicted octanol–water partition coefficient (Wildman–Crippen LogP) is 1.96. The SMILES string of the molecule is COc1ccc(CNC(=O)C2CCN(C(=O)C3CC3)CC2)cc1. The van der Waals surface area contributed by atoms with Crippen LogP contribution in [0.4, 0.5) is 0 Å². The number of hydrogen-bond donors (Lipinski definition) is 1. The highest BCUT2D eigenvalue weighted by Gasteiger charge is 2.35. The fourth-order valence-electron chi connectivity index (χ4n) is 3.03. The number of amides is 2. The normalized spacial score (nSPS) is 18.6. The van der Waals surface area contributed by atoms with Crippen molar-refractivity contribution in [2.24, 2.45) is 11.8 Å². The van der Waals surface area contributed by atoms with Crippen LogP contribution in [0.15, 0.2) is 24.3 Å². The Morgan fingerprint density at radius 2 is 1.74 bits per heavy atom. The number of hydrogen-bond acceptors (Lipinski definition) is 3. The predicted molar refractivity (Wildman–Crippen MR) is 86.9 cm³/mol. The summed E-state index contributed by atoms with van der Waals surface area (Å²) in [6, 6.07) is 7.69. The Morgan fingerprint density at radius 3 is 2.30 bits per heavy atom. The van der Waals surface area contributed by atoms with E-state index in [-0.39, 0.29) is 17.7 Å². The van der Waals surface area contributed by atoms with Crippen LogP contribution in [0, 0.1) is 11.8 Å². The largest absolute Gasteiger partial charge is 0.497 e. The molecule has 5 heteroatoms. The Kier molecular flexibility index (Phi) is 4.84. The van der Waals surface area contributed by atoms with Crippen molar-refractivity contribution in [1.29, 1.82) is 0 Å². The molecule has 0 bridgehead atoms. The highest BCUT2D eigenvalue weighted by Crippen LogP contribution is 2.32.